The summed E-state index contributed by atoms with van der Waals surface area (Å²) in [7, 11) is -4.10. The molecule has 0 heterocycles. The monoisotopic (exact) mass is 474 g/mol. The molecule has 3 aromatic rings. The van der Waals surface area contributed by atoms with E-state index in [1.807, 2.05) is 0 Å². The van der Waals surface area contributed by atoms with Crippen LogP contribution in [0.15, 0.2) is 76.7 Å². The lowest BCUT2D eigenvalue weighted by Crippen LogP contribution is -2.13. The maximum atomic E-state index is 12.6. The molecule has 0 aliphatic heterocycles. The molecule has 164 valence electrons. The molecule has 10 nitrogen and oxygen atoms in total. The molecule has 3 aromatic carbocycles. The summed E-state index contributed by atoms with van der Waals surface area (Å²) in [5, 5.41) is 24.6. The Morgan fingerprint density at radius 1 is 1.09 bits per heavy atom. The number of carbonyl (C=O) groups is 1. The van der Waals surface area contributed by atoms with Gasteiger partial charge in [0.15, 0.2) is 0 Å². The molecule has 3 N–H and O–H groups in total. The van der Waals surface area contributed by atoms with Gasteiger partial charge in [-0.3, -0.25) is 20.3 Å². The number of benzene rings is 3. The molecular formula is C20H15ClN4O6S. The lowest BCUT2D eigenvalue weighted by Gasteiger charge is -2.09. The Balaban J connectivity index is 1.81. The third kappa shape index (κ3) is 5.59. The Hall–Kier alpha value is -3.96. The summed E-state index contributed by atoms with van der Waals surface area (Å²) in [4.78, 5) is 21.3. The third-order valence-corrected chi connectivity index (χ3v) is 5.72. The van der Waals surface area contributed by atoms with Crippen LogP contribution in [-0.2, 0) is 10.0 Å². The molecular weight excluding hydrogens is 460 g/mol. The number of carboxylic acid groups (broad SMARTS) is 1. The number of halogens is 1. The van der Waals surface area contributed by atoms with E-state index >= 15 is 0 Å². The van der Waals surface area contributed by atoms with Crippen LogP contribution in [0.4, 0.5) is 17.1 Å². The zero-order chi connectivity index (χ0) is 23.3. The van der Waals surface area contributed by atoms with Crippen LogP contribution < -0.4 is 10.1 Å². The fourth-order valence-corrected chi connectivity index (χ4v) is 3.84. The first kappa shape index (κ1) is 22.7. The highest BCUT2D eigenvalue weighted by atomic mass is 35.5. The van der Waals surface area contributed by atoms with Crippen LogP contribution in [0.2, 0.25) is 5.02 Å². The second-order valence-electron chi connectivity index (χ2n) is 6.35. The number of nitrogens with zero attached hydrogens (tertiary/aromatic N) is 2. The van der Waals surface area contributed by atoms with Gasteiger partial charge >= 0.3 is 5.97 Å². The Labute approximate surface area is 187 Å². The van der Waals surface area contributed by atoms with Gasteiger partial charge in [0.05, 0.1) is 27.3 Å². The van der Waals surface area contributed by atoms with Gasteiger partial charge in [0.2, 0.25) is 0 Å². The van der Waals surface area contributed by atoms with E-state index in [4.69, 9.17) is 16.7 Å². The second kappa shape index (κ2) is 9.45. The minimum Gasteiger partial charge on any atom is -0.478 e. The fourth-order valence-electron chi connectivity index (χ4n) is 2.58. The fraction of sp³-hybridized carbons (Fsp3) is 0. The van der Waals surface area contributed by atoms with Crippen molar-refractivity contribution in [2.75, 3.05) is 10.1 Å². The smallest absolute Gasteiger partial charge is 0.335 e. The van der Waals surface area contributed by atoms with E-state index in [1.165, 1.54) is 54.7 Å². The minimum absolute atomic E-state index is 0.0323. The number of aromatic carboxylic acids is 1. The van der Waals surface area contributed by atoms with Crippen molar-refractivity contribution >= 4 is 50.9 Å². The van der Waals surface area contributed by atoms with Gasteiger partial charge in [0.1, 0.15) is 5.69 Å². The molecule has 32 heavy (non-hydrogen) atoms. The number of nitro benzene ring substituents is 1. The van der Waals surface area contributed by atoms with Gasteiger partial charge in [-0.05, 0) is 48.0 Å². The van der Waals surface area contributed by atoms with Crippen LogP contribution in [0.5, 0.6) is 0 Å². The molecule has 0 amide bonds. The Kier molecular flexibility index (Phi) is 6.71. The van der Waals surface area contributed by atoms with Gasteiger partial charge in [-0.2, -0.15) is 5.10 Å². The SMILES string of the molecule is O=C(O)c1ccc(C=NNc2ccc(S(=O)(=O)Nc3cccc(Cl)c3)cc2[N+](=O)[O-])cc1. The van der Waals surface area contributed by atoms with Crippen LogP contribution in [-0.4, -0.2) is 30.6 Å². The molecule has 0 saturated heterocycles. The van der Waals surface area contributed by atoms with Crippen molar-refractivity contribution in [1.82, 2.24) is 0 Å². The number of hydrogen-bond donors (Lipinski definition) is 3. The number of rotatable bonds is 8. The maximum absolute atomic E-state index is 12.6. The molecule has 0 atom stereocenters. The summed E-state index contributed by atoms with van der Waals surface area (Å²) in [6.07, 6.45) is 1.33. The average Bonchev–Trinajstić information content (AvgIpc) is 2.73. The Morgan fingerprint density at radius 2 is 1.81 bits per heavy atom. The van der Waals surface area contributed by atoms with Gasteiger partial charge in [0, 0.05) is 11.1 Å². The van der Waals surface area contributed by atoms with Crippen molar-refractivity contribution in [3.63, 3.8) is 0 Å². The van der Waals surface area contributed by atoms with Crippen molar-refractivity contribution in [2.45, 2.75) is 4.90 Å². The number of nitro groups is 1. The summed E-state index contributed by atoms with van der Waals surface area (Å²) in [6, 6.07) is 15.2. The molecule has 0 saturated carbocycles. The molecule has 0 aliphatic rings. The first-order chi connectivity index (χ1) is 15.2. The van der Waals surface area contributed by atoms with E-state index in [0.717, 1.165) is 6.07 Å². The van der Waals surface area contributed by atoms with Crippen LogP contribution in [0.25, 0.3) is 0 Å². The molecule has 0 fully saturated rings. The van der Waals surface area contributed by atoms with Gasteiger partial charge in [0.25, 0.3) is 15.7 Å². The van der Waals surface area contributed by atoms with Crippen LogP contribution in [0.1, 0.15) is 15.9 Å². The van der Waals surface area contributed by atoms with Crippen LogP contribution in [0, 0.1) is 10.1 Å². The van der Waals surface area contributed by atoms with E-state index in [-0.39, 0.29) is 21.8 Å². The van der Waals surface area contributed by atoms with Crippen molar-refractivity contribution in [2.24, 2.45) is 5.10 Å². The number of sulfonamides is 1. The van der Waals surface area contributed by atoms with E-state index in [1.54, 1.807) is 12.1 Å². The Bertz CT molecular complexity index is 1310. The molecule has 3 rings (SSSR count). The highest BCUT2D eigenvalue weighted by molar-refractivity contribution is 7.92. The molecule has 0 unspecified atom stereocenters. The van der Waals surface area contributed by atoms with Crippen molar-refractivity contribution in [3.8, 4) is 0 Å². The van der Waals surface area contributed by atoms with E-state index in [9.17, 15) is 23.3 Å². The van der Waals surface area contributed by atoms with Crippen LogP contribution in [0.3, 0.4) is 0 Å². The predicted molar refractivity (Wildman–Crippen MR) is 120 cm³/mol. The van der Waals surface area contributed by atoms with E-state index in [0.29, 0.717) is 10.6 Å². The third-order valence-electron chi connectivity index (χ3n) is 4.11. The molecule has 0 aliphatic carbocycles. The predicted octanol–water partition coefficient (Wildman–Crippen LogP) is 4.19. The van der Waals surface area contributed by atoms with Crippen LogP contribution >= 0.6 is 11.6 Å². The number of hydrazone groups is 1. The molecule has 0 bridgehead atoms. The molecule has 0 aromatic heterocycles. The topological polar surface area (TPSA) is 151 Å². The van der Waals surface area contributed by atoms with E-state index in [2.05, 4.69) is 15.2 Å². The van der Waals surface area contributed by atoms with Gasteiger partial charge in [-0.15, -0.1) is 0 Å². The number of anilines is 2. The van der Waals surface area contributed by atoms with Gasteiger partial charge in [-0.25, -0.2) is 13.2 Å². The zero-order valence-corrected chi connectivity index (χ0v) is 17.7. The number of hydrogen-bond acceptors (Lipinski definition) is 7. The standard InChI is InChI=1S/C20H15ClN4O6S/c21-15-2-1-3-16(10-15)24-32(30,31)17-8-9-18(19(11-17)25(28)29)23-22-12-13-4-6-14(7-5-13)20(26)27/h1-12,23-24H,(H,26,27). The highest BCUT2D eigenvalue weighted by Crippen LogP contribution is 2.29. The van der Waals surface area contributed by atoms with E-state index < -0.39 is 26.6 Å². The molecule has 12 heteroatoms. The summed E-state index contributed by atoms with van der Waals surface area (Å²) >= 11 is 5.85. The second-order valence-corrected chi connectivity index (χ2v) is 8.47. The first-order valence-electron chi connectivity index (χ1n) is 8.85. The summed E-state index contributed by atoms with van der Waals surface area (Å²) in [6.45, 7) is 0. The van der Waals surface area contributed by atoms with Crippen molar-refractivity contribution in [1.29, 1.82) is 0 Å². The lowest BCUT2D eigenvalue weighted by molar-refractivity contribution is -0.384. The summed E-state index contributed by atoms with van der Waals surface area (Å²) in [5.74, 6) is -1.07. The van der Waals surface area contributed by atoms with Gasteiger partial charge in [-0.1, -0.05) is 29.8 Å². The van der Waals surface area contributed by atoms with Crippen molar-refractivity contribution in [3.05, 3.63) is 93.0 Å². The average molecular weight is 475 g/mol. The number of carboxylic acids is 1. The molecule has 0 spiro atoms. The quantitative estimate of drug-likeness (QED) is 0.251. The normalized spacial score (nSPS) is 11.3. The summed E-state index contributed by atoms with van der Waals surface area (Å²) < 4.78 is 27.5. The Morgan fingerprint density at radius 3 is 2.44 bits per heavy atom. The first-order valence-corrected chi connectivity index (χ1v) is 10.7. The zero-order valence-electron chi connectivity index (χ0n) is 16.1. The highest BCUT2D eigenvalue weighted by Gasteiger charge is 2.21. The van der Waals surface area contributed by atoms with Crippen molar-refractivity contribution < 1.29 is 23.2 Å². The molecule has 0 radical (unpaired) electrons. The number of nitrogens with one attached hydrogen (secondary N) is 2. The van der Waals surface area contributed by atoms with Gasteiger partial charge < -0.3 is 5.11 Å². The lowest BCUT2D eigenvalue weighted by atomic mass is 10.1. The largest absolute Gasteiger partial charge is 0.478 e. The maximum Gasteiger partial charge on any atom is 0.335 e. The minimum atomic E-state index is -4.10. The summed E-state index contributed by atoms with van der Waals surface area (Å²) in [5.41, 5.74) is 2.83.